The summed E-state index contributed by atoms with van der Waals surface area (Å²) in [4.78, 5) is 24.0. The molecule has 0 saturated carbocycles. The molecule has 1 atom stereocenters. The largest absolute Gasteiger partial charge is 0.480 e. The third-order valence-corrected chi connectivity index (χ3v) is 2.98. The molecule has 5 nitrogen and oxygen atoms in total. The van der Waals surface area contributed by atoms with E-state index in [1.54, 1.807) is 0 Å². The normalized spacial score (nSPS) is 19.6. The van der Waals surface area contributed by atoms with Gasteiger partial charge in [-0.15, -0.1) is 0 Å². The highest BCUT2D eigenvalue weighted by atomic mass is 16.5. The number of carboxylic acid groups (broad SMARTS) is 1. The second kappa shape index (κ2) is 7.27. The number of unbranched alkanes of at least 4 members (excludes halogenated alkanes) is 2. The number of hydrogen-bond donors (Lipinski definition) is 1. The average molecular weight is 243 g/mol. The summed E-state index contributed by atoms with van der Waals surface area (Å²) in [5.74, 6) is -1.12. The van der Waals surface area contributed by atoms with Crippen molar-refractivity contribution in [3.63, 3.8) is 0 Å². The van der Waals surface area contributed by atoms with Crippen molar-refractivity contribution >= 4 is 11.9 Å². The molecule has 0 radical (unpaired) electrons. The number of aliphatic carboxylic acids is 1. The van der Waals surface area contributed by atoms with Gasteiger partial charge in [0.05, 0.1) is 0 Å². The molecule has 0 aromatic heterocycles. The number of carboxylic acids is 1. The van der Waals surface area contributed by atoms with Gasteiger partial charge in [-0.05, 0) is 19.3 Å². The van der Waals surface area contributed by atoms with E-state index in [0.717, 1.165) is 25.7 Å². The molecule has 0 aromatic carbocycles. The predicted molar refractivity (Wildman–Crippen MR) is 62.7 cm³/mol. The van der Waals surface area contributed by atoms with Crippen LogP contribution < -0.4 is 0 Å². The van der Waals surface area contributed by atoms with E-state index in [2.05, 4.69) is 6.92 Å². The Kier molecular flexibility index (Phi) is 5.97. The van der Waals surface area contributed by atoms with Crippen LogP contribution in [-0.4, -0.2) is 47.7 Å². The van der Waals surface area contributed by atoms with Crippen LogP contribution in [0, 0.1) is 0 Å². The zero-order valence-corrected chi connectivity index (χ0v) is 10.4. The molecule has 5 heteroatoms. The Bertz CT molecular complexity index is 267. The number of rotatable bonds is 7. The van der Waals surface area contributed by atoms with Crippen molar-refractivity contribution in [2.24, 2.45) is 0 Å². The van der Waals surface area contributed by atoms with Crippen LogP contribution in [0.4, 0.5) is 0 Å². The molecule has 0 spiro atoms. The Morgan fingerprint density at radius 2 is 2.18 bits per heavy atom. The lowest BCUT2D eigenvalue weighted by atomic mass is 10.2. The van der Waals surface area contributed by atoms with E-state index in [4.69, 9.17) is 9.84 Å². The summed E-state index contributed by atoms with van der Waals surface area (Å²) >= 11 is 0. The van der Waals surface area contributed by atoms with E-state index in [1.165, 1.54) is 4.90 Å². The maximum Gasteiger partial charge on any atom is 0.326 e. The Morgan fingerprint density at radius 3 is 2.82 bits per heavy atom. The van der Waals surface area contributed by atoms with Gasteiger partial charge in [0.2, 0.25) is 5.91 Å². The van der Waals surface area contributed by atoms with E-state index in [1.807, 2.05) is 0 Å². The first-order valence-corrected chi connectivity index (χ1v) is 6.26. The van der Waals surface area contributed by atoms with Crippen LogP contribution in [0.25, 0.3) is 0 Å². The van der Waals surface area contributed by atoms with Crippen LogP contribution in [-0.2, 0) is 14.3 Å². The quantitative estimate of drug-likeness (QED) is 0.684. The average Bonchev–Trinajstić information content (AvgIpc) is 2.77. The third kappa shape index (κ3) is 4.34. The predicted octanol–water partition coefficient (Wildman–Crippen LogP) is 1.27. The Morgan fingerprint density at radius 1 is 1.41 bits per heavy atom. The minimum Gasteiger partial charge on any atom is -0.480 e. The number of likely N-dealkylation sites (tertiary alicyclic amines) is 1. The SMILES string of the molecule is CCCCCOCC(=O)N1CCC[C@H]1C(=O)O. The monoisotopic (exact) mass is 243 g/mol. The first-order valence-electron chi connectivity index (χ1n) is 6.26. The van der Waals surface area contributed by atoms with Crippen LogP contribution in [0.15, 0.2) is 0 Å². The molecule has 0 aromatic rings. The first-order chi connectivity index (χ1) is 8.16. The fourth-order valence-electron chi connectivity index (χ4n) is 2.02. The van der Waals surface area contributed by atoms with Gasteiger partial charge in [-0.1, -0.05) is 19.8 Å². The molecule has 1 amide bonds. The van der Waals surface area contributed by atoms with Crippen LogP contribution >= 0.6 is 0 Å². The van der Waals surface area contributed by atoms with Crippen molar-refractivity contribution in [3.8, 4) is 0 Å². The molecule has 0 unspecified atom stereocenters. The summed E-state index contributed by atoms with van der Waals surface area (Å²) in [7, 11) is 0. The standard InChI is InChI=1S/C12H21NO4/c1-2-3-4-8-17-9-11(14)13-7-5-6-10(13)12(15)16/h10H,2-9H2,1H3,(H,15,16)/t10-/m0/s1. The van der Waals surface area contributed by atoms with E-state index < -0.39 is 12.0 Å². The maximum atomic E-state index is 11.7. The molecule has 0 bridgehead atoms. The minimum absolute atomic E-state index is 0.00743. The molecule has 1 aliphatic heterocycles. The van der Waals surface area contributed by atoms with Gasteiger partial charge >= 0.3 is 5.97 Å². The van der Waals surface area contributed by atoms with Crippen LogP contribution in [0.5, 0.6) is 0 Å². The zero-order chi connectivity index (χ0) is 12.7. The van der Waals surface area contributed by atoms with E-state index >= 15 is 0 Å². The molecule has 1 rings (SSSR count). The van der Waals surface area contributed by atoms with Gasteiger partial charge in [0.1, 0.15) is 12.6 Å². The molecular formula is C12H21NO4. The summed E-state index contributed by atoms with van der Waals surface area (Å²) in [5.41, 5.74) is 0. The summed E-state index contributed by atoms with van der Waals surface area (Å²) in [6, 6.07) is -0.651. The highest BCUT2D eigenvalue weighted by molar-refractivity contribution is 5.84. The van der Waals surface area contributed by atoms with Gasteiger partial charge in [-0.3, -0.25) is 4.79 Å². The van der Waals surface area contributed by atoms with Crippen LogP contribution in [0.1, 0.15) is 39.0 Å². The van der Waals surface area contributed by atoms with Crippen molar-refractivity contribution in [1.82, 2.24) is 4.90 Å². The molecule has 1 heterocycles. The van der Waals surface area contributed by atoms with Crippen molar-refractivity contribution < 1.29 is 19.4 Å². The summed E-state index contributed by atoms with van der Waals surface area (Å²) < 4.78 is 5.25. The van der Waals surface area contributed by atoms with Gasteiger partial charge in [-0.2, -0.15) is 0 Å². The van der Waals surface area contributed by atoms with E-state index in [0.29, 0.717) is 19.6 Å². The van der Waals surface area contributed by atoms with Crippen molar-refractivity contribution in [1.29, 1.82) is 0 Å². The fraction of sp³-hybridized carbons (Fsp3) is 0.833. The van der Waals surface area contributed by atoms with Crippen LogP contribution in [0.2, 0.25) is 0 Å². The van der Waals surface area contributed by atoms with Gasteiger partial charge in [0, 0.05) is 13.2 Å². The number of amides is 1. The smallest absolute Gasteiger partial charge is 0.326 e. The highest BCUT2D eigenvalue weighted by Crippen LogP contribution is 2.17. The number of nitrogens with zero attached hydrogens (tertiary/aromatic N) is 1. The van der Waals surface area contributed by atoms with Crippen LogP contribution in [0.3, 0.4) is 0 Å². The topological polar surface area (TPSA) is 66.8 Å². The number of carbonyl (C=O) groups is 2. The second-order valence-corrected chi connectivity index (χ2v) is 4.34. The molecule has 1 N–H and O–H groups in total. The maximum absolute atomic E-state index is 11.7. The molecule has 1 fully saturated rings. The molecular weight excluding hydrogens is 222 g/mol. The molecule has 0 aliphatic carbocycles. The number of hydrogen-bond acceptors (Lipinski definition) is 3. The summed E-state index contributed by atoms with van der Waals surface area (Å²) in [6.45, 7) is 3.22. The Hall–Kier alpha value is -1.10. The molecule has 17 heavy (non-hydrogen) atoms. The minimum atomic E-state index is -0.915. The zero-order valence-electron chi connectivity index (χ0n) is 10.4. The summed E-state index contributed by atoms with van der Waals surface area (Å²) in [5, 5.41) is 8.94. The first kappa shape index (κ1) is 14.0. The van der Waals surface area contributed by atoms with Gasteiger partial charge in [0.25, 0.3) is 0 Å². The third-order valence-electron chi connectivity index (χ3n) is 2.98. The van der Waals surface area contributed by atoms with Gasteiger partial charge in [0.15, 0.2) is 0 Å². The van der Waals surface area contributed by atoms with Gasteiger partial charge in [-0.25, -0.2) is 4.79 Å². The van der Waals surface area contributed by atoms with E-state index in [-0.39, 0.29) is 12.5 Å². The molecule has 98 valence electrons. The lowest BCUT2D eigenvalue weighted by Crippen LogP contribution is -2.42. The highest BCUT2D eigenvalue weighted by Gasteiger charge is 2.33. The molecule has 1 saturated heterocycles. The lowest BCUT2D eigenvalue weighted by molar-refractivity contribution is -0.150. The van der Waals surface area contributed by atoms with E-state index in [9.17, 15) is 9.59 Å². The lowest BCUT2D eigenvalue weighted by Gasteiger charge is -2.21. The fourth-order valence-corrected chi connectivity index (χ4v) is 2.02. The van der Waals surface area contributed by atoms with Crippen molar-refractivity contribution in [2.75, 3.05) is 19.8 Å². The molecule has 1 aliphatic rings. The number of carbonyl (C=O) groups excluding carboxylic acids is 1. The Labute approximate surface area is 102 Å². The van der Waals surface area contributed by atoms with Crippen molar-refractivity contribution in [2.45, 2.75) is 45.1 Å². The van der Waals surface area contributed by atoms with Crippen molar-refractivity contribution in [3.05, 3.63) is 0 Å². The Balaban J connectivity index is 2.25. The van der Waals surface area contributed by atoms with Gasteiger partial charge < -0.3 is 14.7 Å². The second-order valence-electron chi connectivity index (χ2n) is 4.34. The summed E-state index contributed by atoms with van der Waals surface area (Å²) in [6.07, 6.45) is 4.47. The number of ether oxygens (including phenoxy) is 1.